The SMILES string of the molecule is COC(=O)/C=C1\COC\C1=C/[Si](C)(C)C. The van der Waals surface area contributed by atoms with E-state index in [1.54, 1.807) is 0 Å². The Kier molecular flexibility index (Phi) is 3.88. The van der Waals surface area contributed by atoms with Crippen LogP contribution in [0.5, 0.6) is 0 Å². The zero-order valence-electron chi connectivity index (χ0n) is 9.79. The molecule has 0 aromatic heterocycles. The third kappa shape index (κ3) is 4.01. The van der Waals surface area contributed by atoms with Gasteiger partial charge in [-0.05, 0) is 11.1 Å². The van der Waals surface area contributed by atoms with Crippen molar-refractivity contribution in [2.75, 3.05) is 20.3 Å². The molecule has 0 spiro atoms. The van der Waals surface area contributed by atoms with E-state index in [1.165, 1.54) is 13.2 Å². The van der Waals surface area contributed by atoms with E-state index in [4.69, 9.17) is 4.74 Å². The number of carbonyl (C=O) groups is 1. The lowest BCUT2D eigenvalue weighted by atomic mass is 10.1. The zero-order valence-corrected chi connectivity index (χ0v) is 10.8. The molecule has 1 aliphatic heterocycles. The van der Waals surface area contributed by atoms with Gasteiger partial charge in [-0.1, -0.05) is 25.3 Å². The van der Waals surface area contributed by atoms with Crippen molar-refractivity contribution < 1.29 is 14.3 Å². The molecule has 0 amide bonds. The first-order valence-corrected chi connectivity index (χ1v) is 8.58. The molecule has 0 unspecified atom stereocenters. The first kappa shape index (κ1) is 12.2. The normalized spacial score (nSPS) is 22.4. The van der Waals surface area contributed by atoms with Crippen LogP contribution in [0.4, 0.5) is 0 Å². The molecule has 84 valence electrons. The Bertz CT molecular complexity index is 310. The fourth-order valence-corrected chi connectivity index (χ4v) is 2.76. The predicted molar refractivity (Wildman–Crippen MR) is 62.3 cm³/mol. The summed E-state index contributed by atoms with van der Waals surface area (Å²) in [6.45, 7) is 7.91. The van der Waals surface area contributed by atoms with Crippen molar-refractivity contribution in [3.8, 4) is 0 Å². The maximum Gasteiger partial charge on any atom is 0.330 e. The second-order valence-electron chi connectivity index (χ2n) is 4.72. The van der Waals surface area contributed by atoms with Gasteiger partial charge in [0.25, 0.3) is 0 Å². The molecule has 1 fully saturated rings. The van der Waals surface area contributed by atoms with Gasteiger partial charge < -0.3 is 9.47 Å². The molecule has 1 rings (SSSR count). The van der Waals surface area contributed by atoms with Gasteiger partial charge in [0.2, 0.25) is 0 Å². The Balaban J connectivity index is 2.87. The van der Waals surface area contributed by atoms with Crippen molar-refractivity contribution in [3.63, 3.8) is 0 Å². The second-order valence-corrected chi connectivity index (χ2v) is 9.74. The zero-order chi connectivity index (χ0) is 11.5. The molecule has 3 nitrogen and oxygen atoms in total. The van der Waals surface area contributed by atoms with Crippen LogP contribution in [0.15, 0.2) is 22.9 Å². The first-order chi connectivity index (χ1) is 6.92. The maximum atomic E-state index is 11.1. The van der Waals surface area contributed by atoms with E-state index in [1.807, 2.05) is 0 Å². The third-order valence-corrected chi connectivity index (χ3v) is 3.24. The summed E-state index contributed by atoms with van der Waals surface area (Å²) in [5.74, 6) is -0.308. The average Bonchev–Trinajstić information content (AvgIpc) is 2.50. The van der Waals surface area contributed by atoms with E-state index < -0.39 is 8.07 Å². The first-order valence-electron chi connectivity index (χ1n) is 5.01. The number of hydrogen-bond donors (Lipinski definition) is 0. The largest absolute Gasteiger partial charge is 0.466 e. The van der Waals surface area contributed by atoms with Gasteiger partial charge in [0.15, 0.2) is 0 Å². The van der Waals surface area contributed by atoms with Crippen molar-refractivity contribution >= 4 is 14.0 Å². The van der Waals surface area contributed by atoms with Crippen molar-refractivity contribution in [1.29, 1.82) is 0 Å². The van der Waals surface area contributed by atoms with Gasteiger partial charge in [0.1, 0.15) is 0 Å². The molecule has 0 aromatic carbocycles. The smallest absolute Gasteiger partial charge is 0.330 e. The summed E-state index contributed by atoms with van der Waals surface area (Å²) in [5, 5.41) is 0. The molecule has 0 atom stereocenters. The third-order valence-electron chi connectivity index (χ3n) is 2.03. The molecule has 1 aliphatic rings. The van der Waals surface area contributed by atoms with Crippen LogP contribution in [-0.4, -0.2) is 34.4 Å². The second kappa shape index (κ2) is 4.77. The molecule has 15 heavy (non-hydrogen) atoms. The lowest BCUT2D eigenvalue weighted by Crippen LogP contribution is -2.17. The van der Waals surface area contributed by atoms with Crippen molar-refractivity contribution in [2.24, 2.45) is 0 Å². The van der Waals surface area contributed by atoms with Crippen LogP contribution in [-0.2, 0) is 14.3 Å². The number of carbonyl (C=O) groups excluding carboxylic acids is 1. The summed E-state index contributed by atoms with van der Waals surface area (Å²) in [6.07, 6.45) is 1.53. The summed E-state index contributed by atoms with van der Waals surface area (Å²) >= 11 is 0. The Morgan fingerprint density at radius 3 is 2.47 bits per heavy atom. The Morgan fingerprint density at radius 2 is 1.93 bits per heavy atom. The van der Waals surface area contributed by atoms with E-state index in [9.17, 15) is 4.79 Å². The summed E-state index contributed by atoms with van der Waals surface area (Å²) < 4.78 is 9.94. The van der Waals surface area contributed by atoms with Crippen LogP contribution in [0.25, 0.3) is 0 Å². The highest BCUT2D eigenvalue weighted by atomic mass is 28.3. The molecular weight excluding hydrogens is 208 g/mol. The number of rotatable bonds is 2. The number of hydrogen-bond acceptors (Lipinski definition) is 3. The molecule has 0 saturated carbocycles. The molecule has 0 bridgehead atoms. The van der Waals surface area contributed by atoms with Gasteiger partial charge in [0, 0.05) is 6.08 Å². The van der Waals surface area contributed by atoms with Crippen LogP contribution >= 0.6 is 0 Å². The minimum absolute atomic E-state index is 0.308. The lowest BCUT2D eigenvalue weighted by molar-refractivity contribution is -0.134. The number of ether oxygens (including phenoxy) is 2. The highest BCUT2D eigenvalue weighted by molar-refractivity contribution is 6.81. The van der Waals surface area contributed by atoms with Crippen LogP contribution in [0, 0.1) is 0 Å². The van der Waals surface area contributed by atoms with Gasteiger partial charge in [0.05, 0.1) is 28.4 Å². The van der Waals surface area contributed by atoms with Gasteiger partial charge in [-0.25, -0.2) is 4.79 Å². The topological polar surface area (TPSA) is 35.5 Å². The van der Waals surface area contributed by atoms with Crippen molar-refractivity contribution in [3.05, 3.63) is 22.9 Å². The van der Waals surface area contributed by atoms with Gasteiger partial charge in [-0.3, -0.25) is 0 Å². The maximum absolute atomic E-state index is 11.1. The summed E-state index contributed by atoms with van der Waals surface area (Å²) in [6, 6.07) is 0. The standard InChI is InChI=1S/C11H18O3Si/c1-13-11(12)5-9-6-14-7-10(9)8-15(2,3)4/h5,8H,6-7H2,1-4H3/b9-5+,10-8+. The van der Waals surface area contributed by atoms with E-state index in [0.717, 1.165) is 11.1 Å². The summed E-state index contributed by atoms with van der Waals surface area (Å²) in [7, 11) is 0.126. The highest BCUT2D eigenvalue weighted by Gasteiger charge is 2.19. The van der Waals surface area contributed by atoms with E-state index in [2.05, 4.69) is 30.1 Å². The molecule has 1 saturated heterocycles. The minimum atomic E-state index is -1.26. The highest BCUT2D eigenvalue weighted by Crippen LogP contribution is 2.21. The monoisotopic (exact) mass is 226 g/mol. The molecule has 0 radical (unpaired) electrons. The van der Waals surface area contributed by atoms with Crippen molar-refractivity contribution in [2.45, 2.75) is 19.6 Å². The molecule has 0 aliphatic carbocycles. The average molecular weight is 226 g/mol. The number of esters is 1. The Hall–Kier alpha value is -0.873. The van der Waals surface area contributed by atoms with Crippen LogP contribution in [0.2, 0.25) is 19.6 Å². The predicted octanol–water partition coefficient (Wildman–Crippen LogP) is 1.92. The molecule has 0 N–H and O–H groups in total. The number of methoxy groups -OCH3 is 1. The van der Waals surface area contributed by atoms with Gasteiger partial charge in [-0.15, -0.1) is 0 Å². The van der Waals surface area contributed by atoms with Crippen LogP contribution < -0.4 is 0 Å². The summed E-state index contributed by atoms with van der Waals surface area (Å²) in [4.78, 5) is 11.1. The Labute approximate surface area is 91.8 Å². The fourth-order valence-electron chi connectivity index (χ4n) is 1.45. The molecule has 4 heteroatoms. The van der Waals surface area contributed by atoms with Gasteiger partial charge >= 0.3 is 5.97 Å². The van der Waals surface area contributed by atoms with E-state index >= 15 is 0 Å². The van der Waals surface area contributed by atoms with E-state index in [0.29, 0.717) is 13.2 Å². The van der Waals surface area contributed by atoms with Crippen molar-refractivity contribution in [1.82, 2.24) is 0 Å². The quantitative estimate of drug-likeness (QED) is 0.410. The molecular formula is C11H18O3Si. The summed E-state index contributed by atoms with van der Waals surface area (Å²) in [5.41, 5.74) is 4.39. The van der Waals surface area contributed by atoms with Crippen LogP contribution in [0.1, 0.15) is 0 Å². The van der Waals surface area contributed by atoms with Gasteiger partial charge in [-0.2, -0.15) is 0 Å². The van der Waals surface area contributed by atoms with Crippen LogP contribution in [0.3, 0.4) is 0 Å². The van der Waals surface area contributed by atoms with E-state index in [-0.39, 0.29) is 5.97 Å². The Morgan fingerprint density at radius 1 is 1.33 bits per heavy atom. The minimum Gasteiger partial charge on any atom is -0.466 e. The lowest BCUT2D eigenvalue weighted by Gasteiger charge is -2.11. The molecule has 0 aromatic rings. The molecule has 1 heterocycles. The fraction of sp³-hybridized carbons (Fsp3) is 0.545.